The van der Waals surface area contributed by atoms with Crippen LogP contribution in [0.4, 0.5) is 0 Å². The third kappa shape index (κ3) is 2.98. The molecule has 0 atom stereocenters. The fourth-order valence-electron chi connectivity index (χ4n) is 1.96. The number of phenolic OH excluding ortho intramolecular Hbond substituents is 1. The van der Waals surface area contributed by atoms with E-state index in [0.717, 1.165) is 30.4 Å². The van der Waals surface area contributed by atoms with Gasteiger partial charge in [0.25, 0.3) is 0 Å². The molecule has 0 amide bonds. The van der Waals surface area contributed by atoms with Crippen LogP contribution in [-0.2, 0) is 12.8 Å². The number of rotatable bonds is 4. The molecule has 0 saturated carbocycles. The largest absolute Gasteiger partial charge is 0.507 e. The molecule has 15 heavy (non-hydrogen) atoms. The molecule has 1 aromatic rings. The molecule has 1 N–H and O–H groups in total. The van der Waals surface area contributed by atoms with E-state index in [9.17, 15) is 5.11 Å². The Balaban J connectivity index is 3.08. The van der Waals surface area contributed by atoms with Gasteiger partial charge >= 0.3 is 0 Å². The zero-order valence-electron chi connectivity index (χ0n) is 10.3. The standard InChI is InChI=1S/C14H22O/c1-5-6-13-12(9-10(2)3)8-7-11(4)14(13)15/h7-8,10,15H,5-6,9H2,1-4H3. The third-order valence-corrected chi connectivity index (χ3v) is 2.71. The fraction of sp³-hybridized carbons (Fsp3) is 0.571. The average Bonchev–Trinajstić information content (AvgIpc) is 2.17. The average molecular weight is 206 g/mol. The molecule has 84 valence electrons. The van der Waals surface area contributed by atoms with Crippen molar-refractivity contribution < 1.29 is 5.11 Å². The van der Waals surface area contributed by atoms with Gasteiger partial charge in [-0.25, -0.2) is 0 Å². The second-order valence-corrected chi connectivity index (χ2v) is 4.72. The third-order valence-electron chi connectivity index (χ3n) is 2.71. The van der Waals surface area contributed by atoms with Gasteiger partial charge in [-0.2, -0.15) is 0 Å². The lowest BCUT2D eigenvalue weighted by atomic mass is 9.93. The van der Waals surface area contributed by atoms with Crippen molar-refractivity contribution in [2.75, 3.05) is 0 Å². The monoisotopic (exact) mass is 206 g/mol. The minimum atomic E-state index is 0.509. The molecule has 0 aliphatic rings. The van der Waals surface area contributed by atoms with Crippen molar-refractivity contribution in [1.29, 1.82) is 0 Å². The quantitative estimate of drug-likeness (QED) is 0.793. The van der Waals surface area contributed by atoms with Crippen molar-refractivity contribution in [2.24, 2.45) is 5.92 Å². The summed E-state index contributed by atoms with van der Waals surface area (Å²) in [4.78, 5) is 0. The Hall–Kier alpha value is -0.980. The SMILES string of the molecule is CCCc1c(CC(C)C)ccc(C)c1O. The maximum Gasteiger partial charge on any atom is 0.121 e. The van der Waals surface area contributed by atoms with Crippen molar-refractivity contribution in [2.45, 2.75) is 47.0 Å². The number of aromatic hydroxyl groups is 1. The van der Waals surface area contributed by atoms with Gasteiger partial charge in [-0.05, 0) is 42.4 Å². The van der Waals surface area contributed by atoms with Crippen LogP contribution in [0.15, 0.2) is 12.1 Å². The van der Waals surface area contributed by atoms with Crippen LogP contribution < -0.4 is 0 Å². The molecule has 0 heterocycles. The first-order valence-corrected chi connectivity index (χ1v) is 5.86. The van der Waals surface area contributed by atoms with Crippen molar-refractivity contribution in [3.05, 3.63) is 28.8 Å². The van der Waals surface area contributed by atoms with E-state index in [0.29, 0.717) is 11.7 Å². The first-order chi connectivity index (χ1) is 7.06. The number of hydrogen-bond acceptors (Lipinski definition) is 1. The van der Waals surface area contributed by atoms with Crippen LogP contribution in [0.3, 0.4) is 0 Å². The van der Waals surface area contributed by atoms with Gasteiger partial charge in [-0.3, -0.25) is 0 Å². The molecule has 0 unspecified atom stereocenters. The minimum absolute atomic E-state index is 0.509. The highest BCUT2D eigenvalue weighted by atomic mass is 16.3. The van der Waals surface area contributed by atoms with Gasteiger partial charge in [-0.15, -0.1) is 0 Å². The van der Waals surface area contributed by atoms with E-state index in [4.69, 9.17) is 0 Å². The second kappa shape index (κ2) is 5.20. The molecule has 0 aliphatic heterocycles. The Morgan fingerprint density at radius 2 is 1.93 bits per heavy atom. The van der Waals surface area contributed by atoms with Crippen LogP contribution in [0, 0.1) is 12.8 Å². The summed E-state index contributed by atoms with van der Waals surface area (Å²) in [5.41, 5.74) is 3.46. The summed E-state index contributed by atoms with van der Waals surface area (Å²) in [5.74, 6) is 1.15. The molecule has 0 fully saturated rings. The highest BCUT2D eigenvalue weighted by molar-refractivity contribution is 5.45. The van der Waals surface area contributed by atoms with Crippen molar-refractivity contribution in [1.82, 2.24) is 0 Å². The number of phenols is 1. The predicted molar refractivity (Wildman–Crippen MR) is 65.4 cm³/mol. The molecular weight excluding hydrogens is 184 g/mol. The Morgan fingerprint density at radius 3 is 2.47 bits per heavy atom. The Bertz CT molecular complexity index is 326. The molecule has 1 rings (SSSR count). The number of aryl methyl sites for hydroxylation is 1. The summed E-state index contributed by atoms with van der Waals surface area (Å²) in [6, 6.07) is 4.19. The molecule has 0 radical (unpaired) electrons. The van der Waals surface area contributed by atoms with Crippen LogP contribution in [0.2, 0.25) is 0 Å². The van der Waals surface area contributed by atoms with Gasteiger partial charge in [0.05, 0.1) is 0 Å². The van der Waals surface area contributed by atoms with E-state index in [1.54, 1.807) is 0 Å². The summed E-state index contributed by atoms with van der Waals surface area (Å²) in [6.07, 6.45) is 3.13. The maximum absolute atomic E-state index is 10.0. The molecule has 0 spiro atoms. The van der Waals surface area contributed by atoms with Gasteiger partial charge < -0.3 is 5.11 Å². The van der Waals surface area contributed by atoms with Crippen molar-refractivity contribution in [3.8, 4) is 5.75 Å². The number of hydrogen-bond donors (Lipinski definition) is 1. The maximum atomic E-state index is 10.0. The topological polar surface area (TPSA) is 20.2 Å². The molecule has 0 bridgehead atoms. The minimum Gasteiger partial charge on any atom is -0.507 e. The van der Waals surface area contributed by atoms with Crippen LogP contribution in [0.5, 0.6) is 5.75 Å². The molecule has 1 nitrogen and oxygen atoms in total. The molecule has 0 saturated heterocycles. The molecule has 0 aliphatic carbocycles. The van der Waals surface area contributed by atoms with E-state index in [1.165, 1.54) is 5.56 Å². The van der Waals surface area contributed by atoms with Gasteiger partial charge in [0.15, 0.2) is 0 Å². The zero-order valence-corrected chi connectivity index (χ0v) is 10.3. The van der Waals surface area contributed by atoms with Gasteiger partial charge in [-0.1, -0.05) is 39.3 Å². The van der Waals surface area contributed by atoms with E-state index in [2.05, 4.69) is 26.8 Å². The van der Waals surface area contributed by atoms with E-state index in [-0.39, 0.29) is 0 Å². The summed E-state index contributed by atoms with van der Waals surface area (Å²) < 4.78 is 0. The van der Waals surface area contributed by atoms with Crippen LogP contribution in [0.1, 0.15) is 43.9 Å². The summed E-state index contributed by atoms with van der Waals surface area (Å²) in [7, 11) is 0. The summed E-state index contributed by atoms with van der Waals surface area (Å²) in [5, 5.41) is 10.0. The number of benzene rings is 1. The molecule has 1 heteroatoms. The zero-order chi connectivity index (χ0) is 11.4. The molecule has 1 aromatic carbocycles. The Labute approximate surface area is 93.1 Å². The first-order valence-electron chi connectivity index (χ1n) is 5.86. The lowest BCUT2D eigenvalue weighted by Crippen LogP contribution is -2.00. The highest BCUT2D eigenvalue weighted by Crippen LogP contribution is 2.28. The van der Waals surface area contributed by atoms with Gasteiger partial charge in [0, 0.05) is 0 Å². The second-order valence-electron chi connectivity index (χ2n) is 4.72. The highest BCUT2D eigenvalue weighted by Gasteiger charge is 2.10. The van der Waals surface area contributed by atoms with Crippen LogP contribution in [0.25, 0.3) is 0 Å². The first kappa shape index (κ1) is 12.1. The lowest BCUT2D eigenvalue weighted by Gasteiger charge is -2.14. The Kier molecular flexibility index (Phi) is 4.19. The molecular formula is C14H22O. The van der Waals surface area contributed by atoms with Crippen LogP contribution >= 0.6 is 0 Å². The fourth-order valence-corrected chi connectivity index (χ4v) is 1.96. The molecule has 0 aromatic heterocycles. The van der Waals surface area contributed by atoms with Crippen LogP contribution in [-0.4, -0.2) is 5.11 Å². The van der Waals surface area contributed by atoms with Crippen molar-refractivity contribution in [3.63, 3.8) is 0 Å². The lowest BCUT2D eigenvalue weighted by molar-refractivity contribution is 0.461. The van der Waals surface area contributed by atoms with Gasteiger partial charge in [0.1, 0.15) is 5.75 Å². The Morgan fingerprint density at radius 1 is 1.27 bits per heavy atom. The van der Waals surface area contributed by atoms with E-state index < -0.39 is 0 Å². The van der Waals surface area contributed by atoms with Gasteiger partial charge in [0.2, 0.25) is 0 Å². The summed E-state index contributed by atoms with van der Waals surface area (Å²) >= 11 is 0. The van der Waals surface area contributed by atoms with E-state index >= 15 is 0 Å². The summed E-state index contributed by atoms with van der Waals surface area (Å²) in [6.45, 7) is 8.55. The normalized spacial score (nSPS) is 11.0. The van der Waals surface area contributed by atoms with E-state index in [1.807, 2.05) is 13.0 Å². The predicted octanol–water partition coefficient (Wildman–Crippen LogP) is 3.85. The smallest absolute Gasteiger partial charge is 0.121 e. The van der Waals surface area contributed by atoms with Crippen molar-refractivity contribution >= 4 is 0 Å².